The van der Waals surface area contributed by atoms with Gasteiger partial charge in [0.2, 0.25) is 11.8 Å². The van der Waals surface area contributed by atoms with Crippen LogP contribution in [0.3, 0.4) is 0 Å². The molecule has 0 spiro atoms. The van der Waals surface area contributed by atoms with Crippen molar-refractivity contribution in [1.82, 2.24) is 25.2 Å². The Morgan fingerprint density at radius 3 is 3.08 bits per heavy atom. The number of hydrogen-bond donors (Lipinski definition) is 2. The van der Waals surface area contributed by atoms with Gasteiger partial charge in [-0.15, -0.1) is 0 Å². The van der Waals surface area contributed by atoms with Crippen molar-refractivity contribution in [3.63, 3.8) is 0 Å². The zero-order valence-electron chi connectivity index (χ0n) is 14.1. The van der Waals surface area contributed by atoms with E-state index in [2.05, 4.69) is 20.3 Å². The van der Waals surface area contributed by atoms with Gasteiger partial charge < -0.3 is 19.9 Å². The number of ether oxygens (including phenoxy) is 1. The molecule has 1 fully saturated rings. The first-order chi connectivity index (χ1) is 12.1. The van der Waals surface area contributed by atoms with Crippen LogP contribution in [0.5, 0.6) is 0 Å². The van der Waals surface area contributed by atoms with Gasteiger partial charge in [0.05, 0.1) is 38.0 Å². The molecular formula is C17H21N5O3. The van der Waals surface area contributed by atoms with Gasteiger partial charge in [0.25, 0.3) is 0 Å². The van der Waals surface area contributed by atoms with Crippen LogP contribution in [0.1, 0.15) is 30.1 Å². The standard InChI is InChI=1S/C17H21N5O3/c1-12(23)19-9-14-10-20-17(21-14)15-11-22(5-6-25-15)16(24)7-13-3-2-4-18-8-13/h2-4,8,10,15H,5-7,9,11H2,1H3,(H,19,23)(H,20,21). The van der Waals surface area contributed by atoms with Crippen molar-refractivity contribution < 1.29 is 14.3 Å². The lowest BCUT2D eigenvalue weighted by atomic mass is 10.1. The summed E-state index contributed by atoms with van der Waals surface area (Å²) < 4.78 is 5.75. The molecule has 1 aliphatic rings. The zero-order valence-corrected chi connectivity index (χ0v) is 14.1. The summed E-state index contributed by atoms with van der Waals surface area (Å²) in [4.78, 5) is 36.8. The van der Waals surface area contributed by atoms with Gasteiger partial charge in [0, 0.05) is 25.9 Å². The summed E-state index contributed by atoms with van der Waals surface area (Å²) in [6.45, 7) is 3.33. The summed E-state index contributed by atoms with van der Waals surface area (Å²) in [6.07, 6.45) is 5.10. The van der Waals surface area contributed by atoms with Gasteiger partial charge in [-0.05, 0) is 11.6 Å². The van der Waals surface area contributed by atoms with Gasteiger partial charge in [0.1, 0.15) is 11.9 Å². The average Bonchev–Trinajstić information content (AvgIpc) is 3.10. The van der Waals surface area contributed by atoms with Crippen LogP contribution in [-0.4, -0.2) is 51.4 Å². The van der Waals surface area contributed by atoms with Crippen molar-refractivity contribution in [3.8, 4) is 0 Å². The topological polar surface area (TPSA) is 100 Å². The van der Waals surface area contributed by atoms with Gasteiger partial charge in [-0.2, -0.15) is 0 Å². The monoisotopic (exact) mass is 343 g/mol. The molecule has 132 valence electrons. The fourth-order valence-corrected chi connectivity index (χ4v) is 2.68. The predicted octanol–water partition coefficient (Wildman–Crippen LogP) is 0.583. The third kappa shape index (κ3) is 4.63. The van der Waals surface area contributed by atoms with Crippen LogP contribution in [0.4, 0.5) is 0 Å². The molecule has 2 aromatic rings. The highest BCUT2D eigenvalue weighted by atomic mass is 16.5. The first-order valence-corrected chi connectivity index (χ1v) is 8.18. The number of imidazole rings is 1. The molecule has 3 heterocycles. The summed E-state index contributed by atoms with van der Waals surface area (Å²) in [5.74, 6) is 0.614. The van der Waals surface area contributed by atoms with Gasteiger partial charge in [0.15, 0.2) is 0 Å². The van der Waals surface area contributed by atoms with E-state index in [1.807, 2.05) is 12.1 Å². The molecule has 1 atom stereocenters. The van der Waals surface area contributed by atoms with E-state index < -0.39 is 0 Å². The van der Waals surface area contributed by atoms with E-state index in [0.717, 1.165) is 11.3 Å². The summed E-state index contributed by atoms with van der Waals surface area (Å²) in [6, 6.07) is 3.72. The second-order valence-corrected chi connectivity index (χ2v) is 5.94. The number of aromatic amines is 1. The number of nitrogens with zero attached hydrogens (tertiary/aromatic N) is 3. The Bertz CT molecular complexity index is 731. The first kappa shape index (κ1) is 17.1. The van der Waals surface area contributed by atoms with E-state index in [4.69, 9.17) is 4.74 Å². The fraction of sp³-hybridized carbons (Fsp3) is 0.412. The lowest BCUT2D eigenvalue weighted by Gasteiger charge is -2.32. The largest absolute Gasteiger partial charge is 0.367 e. The molecule has 8 nitrogen and oxygen atoms in total. The van der Waals surface area contributed by atoms with Crippen molar-refractivity contribution in [2.75, 3.05) is 19.7 Å². The second kappa shape index (κ2) is 7.89. The highest BCUT2D eigenvalue weighted by Gasteiger charge is 2.27. The van der Waals surface area contributed by atoms with E-state index in [9.17, 15) is 9.59 Å². The van der Waals surface area contributed by atoms with Gasteiger partial charge in [-0.1, -0.05) is 6.07 Å². The number of nitrogens with one attached hydrogen (secondary N) is 2. The Morgan fingerprint density at radius 1 is 1.44 bits per heavy atom. The molecule has 0 aliphatic carbocycles. The molecule has 0 radical (unpaired) electrons. The number of carbonyl (C=O) groups excluding carboxylic acids is 2. The van der Waals surface area contributed by atoms with Gasteiger partial charge >= 0.3 is 0 Å². The quantitative estimate of drug-likeness (QED) is 0.827. The minimum absolute atomic E-state index is 0.0475. The maximum absolute atomic E-state index is 12.5. The smallest absolute Gasteiger partial charge is 0.227 e. The molecule has 0 bridgehead atoms. The van der Waals surface area contributed by atoms with Crippen LogP contribution in [-0.2, 0) is 27.3 Å². The average molecular weight is 343 g/mol. The first-order valence-electron chi connectivity index (χ1n) is 8.18. The Hall–Kier alpha value is -2.74. The van der Waals surface area contributed by atoms with Crippen molar-refractivity contribution >= 4 is 11.8 Å². The van der Waals surface area contributed by atoms with Crippen molar-refractivity contribution in [2.45, 2.75) is 26.0 Å². The summed E-state index contributed by atoms with van der Waals surface area (Å²) >= 11 is 0. The molecule has 25 heavy (non-hydrogen) atoms. The third-order valence-corrected chi connectivity index (χ3v) is 3.98. The minimum atomic E-state index is -0.294. The van der Waals surface area contributed by atoms with E-state index in [-0.39, 0.29) is 17.9 Å². The number of hydrogen-bond acceptors (Lipinski definition) is 5. The fourth-order valence-electron chi connectivity index (χ4n) is 2.68. The summed E-state index contributed by atoms with van der Waals surface area (Å²) in [5.41, 5.74) is 1.69. The van der Waals surface area contributed by atoms with Crippen LogP contribution in [0.15, 0.2) is 30.7 Å². The van der Waals surface area contributed by atoms with Crippen LogP contribution in [0.25, 0.3) is 0 Å². The maximum atomic E-state index is 12.5. The molecule has 1 saturated heterocycles. The Balaban J connectivity index is 1.59. The Labute approximate surface area is 145 Å². The second-order valence-electron chi connectivity index (χ2n) is 5.94. The maximum Gasteiger partial charge on any atom is 0.227 e. The predicted molar refractivity (Wildman–Crippen MR) is 89.3 cm³/mol. The van der Waals surface area contributed by atoms with Crippen LogP contribution in [0, 0.1) is 0 Å². The molecule has 2 amide bonds. The van der Waals surface area contributed by atoms with E-state index in [1.54, 1.807) is 23.5 Å². The highest BCUT2D eigenvalue weighted by molar-refractivity contribution is 5.78. The molecule has 8 heteroatoms. The normalized spacial score (nSPS) is 17.3. The SMILES string of the molecule is CC(=O)NCc1cnc(C2CN(C(=O)Cc3cccnc3)CCO2)[nH]1. The Morgan fingerprint density at radius 2 is 2.32 bits per heavy atom. The summed E-state index contributed by atoms with van der Waals surface area (Å²) in [7, 11) is 0. The number of morpholine rings is 1. The Kier molecular flexibility index (Phi) is 5.39. The van der Waals surface area contributed by atoms with Crippen LogP contribution in [0.2, 0.25) is 0 Å². The molecule has 3 rings (SSSR count). The molecule has 2 aromatic heterocycles. The number of pyridine rings is 1. The van der Waals surface area contributed by atoms with E-state index >= 15 is 0 Å². The van der Waals surface area contributed by atoms with Gasteiger partial charge in [-0.25, -0.2) is 4.98 Å². The van der Waals surface area contributed by atoms with Crippen LogP contribution >= 0.6 is 0 Å². The molecule has 2 N–H and O–H groups in total. The molecule has 0 saturated carbocycles. The lowest BCUT2D eigenvalue weighted by molar-refractivity contribution is -0.138. The zero-order chi connectivity index (χ0) is 17.6. The highest BCUT2D eigenvalue weighted by Crippen LogP contribution is 2.20. The van der Waals surface area contributed by atoms with Crippen molar-refractivity contribution in [1.29, 1.82) is 0 Å². The van der Waals surface area contributed by atoms with Gasteiger partial charge in [-0.3, -0.25) is 14.6 Å². The number of amides is 2. The summed E-state index contributed by atoms with van der Waals surface area (Å²) in [5, 5.41) is 2.71. The molecule has 1 aliphatic heterocycles. The molecule has 1 unspecified atom stereocenters. The number of carbonyl (C=O) groups is 2. The van der Waals surface area contributed by atoms with Crippen molar-refractivity contribution in [2.24, 2.45) is 0 Å². The number of rotatable bonds is 5. The molecular weight excluding hydrogens is 322 g/mol. The van der Waals surface area contributed by atoms with E-state index in [0.29, 0.717) is 38.5 Å². The number of aromatic nitrogens is 3. The minimum Gasteiger partial charge on any atom is -0.367 e. The lowest BCUT2D eigenvalue weighted by Crippen LogP contribution is -2.43. The van der Waals surface area contributed by atoms with E-state index in [1.165, 1.54) is 6.92 Å². The van der Waals surface area contributed by atoms with Crippen molar-refractivity contribution in [3.05, 3.63) is 47.8 Å². The van der Waals surface area contributed by atoms with Crippen LogP contribution < -0.4 is 5.32 Å². The third-order valence-electron chi connectivity index (χ3n) is 3.98. The number of H-pyrrole nitrogens is 1. The molecule has 0 aromatic carbocycles.